The second-order valence-electron chi connectivity index (χ2n) is 3.85. The predicted octanol–water partition coefficient (Wildman–Crippen LogP) is 2.74. The Kier molecular flexibility index (Phi) is 4.12. The molecule has 0 atom stereocenters. The maximum atomic E-state index is 4.43. The lowest BCUT2D eigenvalue weighted by Gasteiger charge is -2.06. The highest BCUT2D eigenvalue weighted by atomic mass is 14.8. The number of pyridine rings is 1. The maximum Gasteiger partial charge on any atom is 0.0746 e. The lowest BCUT2D eigenvalue weighted by atomic mass is 10.1. The van der Waals surface area contributed by atoms with E-state index in [0.29, 0.717) is 0 Å². The highest BCUT2D eigenvalue weighted by molar-refractivity contribution is 5.81. The van der Waals surface area contributed by atoms with Gasteiger partial charge in [0.05, 0.1) is 5.52 Å². The summed E-state index contributed by atoms with van der Waals surface area (Å²) in [5, 5.41) is 4.58. The van der Waals surface area contributed by atoms with Gasteiger partial charge < -0.3 is 5.32 Å². The van der Waals surface area contributed by atoms with Crippen molar-refractivity contribution in [2.45, 2.75) is 19.9 Å². The van der Waals surface area contributed by atoms with Crippen LogP contribution in [0.1, 0.15) is 18.9 Å². The largest absolute Gasteiger partial charge is 0.312 e. The third kappa shape index (κ3) is 3.05. The van der Waals surface area contributed by atoms with E-state index in [1.54, 1.807) is 0 Å². The first-order chi connectivity index (χ1) is 8.42. The van der Waals surface area contributed by atoms with Crippen molar-refractivity contribution < 1.29 is 0 Å². The molecule has 1 N–H and O–H groups in total. The minimum Gasteiger partial charge on any atom is -0.312 e. The molecule has 0 amide bonds. The van der Waals surface area contributed by atoms with E-state index in [4.69, 9.17) is 0 Å². The van der Waals surface area contributed by atoms with E-state index in [0.717, 1.165) is 25.0 Å². The van der Waals surface area contributed by atoms with Gasteiger partial charge in [0, 0.05) is 31.1 Å². The van der Waals surface area contributed by atoms with Gasteiger partial charge in [-0.05, 0) is 18.6 Å². The van der Waals surface area contributed by atoms with Gasteiger partial charge in [-0.2, -0.15) is 0 Å². The number of aromatic nitrogens is 1. The Hall–Kier alpha value is -1.85. The van der Waals surface area contributed by atoms with Crippen LogP contribution in [-0.2, 0) is 6.54 Å². The van der Waals surface area contributed by atoms with Crippen LogP contribution in [0.4, 0.5) is 0 Å². The Labute approximate surface area is 102 Å². The second-order valence-corrected chi connectivity index (χ2v) is 3.85. The van der Waals surface area contributed by atoms with Crippen molar-refractivity contribution in [2.24, 2.45) is 0 Å². The van der Waals surface area contributed by atoms with Crippen molar-refractivity contribution in [3.63, 3.8) is 0 Å². The maximum absolute atomic E-state index is 4.43. The van der Waals surface area contributed by atoms with Gasteiger partial charge in [-0.15, -0.1) is 11.8 Å². The zero-order valence-electron chi connectivity index (χ0n) is 10.0. The topological polar surface area (TPSA) is 24.9 Å². The summed E-state index contributed by atoms with van der Waals surface area (Å²) in [6, 6.07) is 10.3. The fourth-order valence-corrected chi connectivity index (χ4v) is 1.81. The van der Waals surface area contributed by atoms with Crippen LogP contribution in [0.3, 0.4) is 0 Å². The molecule has 0 saturated heterocycles. The number of nitrogens with one attached hydrogen (secondary N) is 1. The SMILES string of the molecule is CC#CCCNCc1cccc2cccnc12. The Bertz CT molecular complexity index is 544. The van der Waals surface area contributed by atoms with E-state index < -0.39 is 0 Å². The predicted molar refractivity (Wildman–Crippen MR) is 71.5 cm³/mol. The molecule has 86 valence electrons. The molecule has 0 unspecified atom stereocenters. The molecule has 1 heterocycles. The normalized spacial score (nSPS) is 9.94. The van der Waals surface area contributed by atoms with Gasteiger partial charge in [0.25, 0.3) is 0 Å². The molecular formula is C15H16N2. The molecular weight excluding hydrogens is 208 g/mol. The Balaban J connectivity index is 2.05. The number of benzene rings is 1. The highest BCUT2D eigenvalue weighted by Crippen LogP contribution is 2.15. The monoisotopic (exact) mass is 224 g/mol. The molecule has 1 aromatic carbocycles. The lowest BCUT2D eigenvalue weighted by Crippen LogP contribution is -2.14. The summed E-state index contributed by atoms with van der Waals surface area (Å²) in [6.07, 6.45) is 2.74. The number of rotatable bonds is 4. The summed E-state index contributed by atoms with van der Waals surface area (Å²) >= 11 is 0. The summed E-state index contributed by atoms with van der Waals surface area (Å²) < 4.78 is 0. The van der Waals surface area contributed by atoms with Crippen molar-refractivity contribution in [1.82, 2.24) is 10.3 Å². The summed E-state index contributed by atoms with van der Waals surface area (Å²) in [7, 11) is 0. The standard InChI is InChI=1S/C15H16N2/c1-2-3-4-10-16-12-14-8-5-7-13-9-6-11-17-15(13)14/h5-9,11,16H,4,10,12H2,1H3. The van der Waals surface area contributed by atoms with Crippen LogP contribution in [0.5, 0.6) is 0 Å². The van der Waals surface area contributed by atoms with Gasteiger partial charge in [-0.3, -0.25) is 4.98 Å². The molecule has 0 aliphatic heterocycles. The van der Waals surface area contributed by atoms with Crippen molar-refractivity contribution in [3.05, 3.63) is 42.1 Å². The summed E-state index contributed by atoms with van der Waals surface area (Å²) in [6.45, 7) is 3.64. The van der Waals surface area contributed by atoms with Crippen molar-refractivity contribution in [1.29, 1.82) is 0 Å². The Morgan fingerprint density at radius 1 is 1.24 bits per heavy atom. The van der Waals surface area contributed by atoms with Crippen LogP contribution < -0.4 is 5.32 Å². The zero-order chi connectivity index (χ0) is 11.9. The van der Waals surface area contributed by atoms with E-state index in [-0.39, 0.29) is 0 Å². The van der Waals surface area contributed by atoms with Gasteiger partial charge in [0.15, 0.2) is 0 Å². The van der Waals surface area contributed by atoms with Crippen molar-refractivity contribution in [3.8, 4) is 11.8 Å². The van der Waals surface area contributed by atoms with Gasteiger partial charge in [0.1, 0.15) is 0 Å². The summed E-state index contributed by atoms with van der Waals surface area (Å²) in [4.78, 5) is 4.43. The number of nitrogens with zero attached hydrogens (tertiary/aromatic N) is 1. The molecule has 0 spiro atoms. The van der Waals surface area contributed by atoms with Crippen molar-refractivity contribution >= 4 is 10.9 Å². The first-order valence-electron chi connectivity index (χ1n) is 5.85. The molecule has 2 aromatic rings. The molecule has 0 radical (unpaired) electrons. The third-order valence-corrected chi connectivity index (χ3v) is 2.64. The molecule has 1 aromatic heterocycles. The third-order valence-electron chi connectivity index (χ3n) is 2.64. The van der Waals surface area contributed by atoms with Crippen LogP contribution in [0, 0.1) is 11.8 Å². The fraction of sp³-hybridized carbons (Fsp3) is 0.267. The van der Waals surface area contributed by atoms with Gasteiger partial charge >= 0.3 is 0 Å². The average Bonchev–Trinajstić information content (AvgIpc) is 2.39. The van der Waals surface area contributed by atoms with Gasteiger partial charge in [-0.1, -0.05) is 24.3 Å². The van der Waals surface area contributed by atoms with Crippen molar-refractivity contribution in [2.75, 3.05) is 6.54 Å². The zero-order valence-corrected chi connectivity index (χ0v) is 10.0. The molecule has 2 nitrogen and oxygen atoms in total. The Morgan fingerprint density at radius 2 is 2.12 bits per heavy atom. The minimum atomic E-state index is 0.847. The highest BCUT2D eigenvalue weighted by Gasteiger charge is 2.00. The molecule has 0 bridgehead atoms. The quantitative estimate of drug-likeness (QED) is 0.638. The number of fused-ring (bicyclic) bond motifs is 1. The average molecular weight is 224 g/mol. The Morgan fingerprint density at radius 3 is 3.00 bits per heavy atom. The molecule has 0 fully saturated rings. The van der Waals surface area contributed by atoms with Gasteiger partial charge in [0.2, 0.25) is 0 Å². The van der Waals surface area contributed by atoms with Crippen LogP contribution in [-0.4, -0.2) is 11.5 Å². The first-order valence-corrected chi connectivity index (χ1v) is 5.85. The smallest absolute Gasteiger partial charge is 0.0746 e. The second kappa shape index (κ2) is 6.03. The van der Waals surface area contributed by atoms with Crippen LogP contribution in [0.25, 0.3) is 10.9 Å². The van der Waals surface area contributed by atoms with E-state index >= 15 is 0 Å². The number of hydrogen-bond donors (Lipinski definition) is 1. The van der Waals surface area contributed by atoms with E-state index in [1.807, 2.05) is 19.2 Å². The summed E-state index contributed by atoms with van der Waals surface area (Å²) in [5.41, 5.74) is 2.33. The van der Waals surface area contributed by atoms with Crippen LogP contribution in [0.15, 0.2) is 36.5 Å². The first kappa shape index (κ1) is 11.6. The molecule has 0 saturated carbocycles. The van der Waals surface area contributed by atoms with Crippen LogP contribution >= 0.6 is 0 Å². The molecule has 0 aliphatic rings. The van der Waals surface area contributed by atoms with Crippen LogP contribution in [0.2, 0.25) is 0 Å². The molecule has 0 aliphatic carbocycles. The molecule has 2 heteroatoms. The summed E-state index contributed by atoms with van der Waals surface area (Å²) in [5.74, 6) is 5.94. The van der Waals surface area contributed by atoms with E-state index in [9.17, 15) is 0 Å². The lowest BCUT2D eigenvalue weighted by molar-refractivity contribution is 0.703. The molecule has 2 rings (SSSR count). The minimum absolute atomic E-state index is 0.847. The fourth-order valence-electron chi connectivity index (χ4n) is 1.81. The number of hydrogen-bond acceptors (Lipinski definition) is 2. The van der Waals surface area contributed by atoms with E-state index in [1.165, 1.54) is 10.9 Å². The molecule has 17 heavy (non-hydrogen) atoms. The van der Waals surface area contributed by atoms with E-state index in [2.05, 4.69) is 46.4 Å². The number of para-hydroxylation sites is 1. The van der Waals surface area contributed by atoms with Gasteiger partial charge in [-0.25, -0.2) is 0 Å².